The number of nitrogens with two attached hydrogens (primary N) is 1. The van der Waals surface area contributed by atoms with Gasteiger partial charge in [-0.15, -0.1) is 0 Å². The number of nitrogen functional groups attached to an aromatic ring is 1. The van der Waals surface area contributed by atoms with Crippen LogP contribution in [-0.4, -0.2) is 5.97 Å². The van der Waals surface area contributed by atoms with E-state index in [0.29, 0.717) is 15.6 Å². The first-order valence-electron chi connectivity index (χ1n) is 5.74. The maximum Gasteiger partial charge on any atom is 0.339 e. The Morgan fingerprint density at radius 2 is 1.95 bits per heavy atom. The van der Waals surface area contributed by atoms with Crippen LogP contribution in [0.1, 0.15) is 15.9 Å². The predicted molar refractivity (Wildman–Crippen MR) is 84.1 cm³/mol. The molecule has 0 amide bonds. The molecule has 0 heterocycles. The highest BCUT2D eigenvalue weighted by Crippen LogP contribution is 2.25. The molecule has 110 valence electrons. The molecule has 0 aliphatic carbocycles. The molecule has 0 aliphatic rings. The third-order valence-corrected chi connectivity index (χ3v) is 4.06. The fourth-order valence-electron chi connectivity index (χ4n) is 1.58. The number of benzene rings is 2. The molecule has 2 aromatic rings. The van der Waals surface area contributed by atoms with E-state index in [-0.39, 0.29) is 22.3 Å². The van der Waals surface area contributed by atoms with Crippen molar-refractivity contribution in [2.75, 3.05) is 5.73 Å². The van der Waals surface area contributed by atoms with Crippen LogP contribution in [-0.2, 0) is 11.3 Å². The van der Waals surface area contributed by atoms with Gasteiger partial charge in [0, 0.05) is 4.47 Å². The molecule has 0 radical (unpaired) electrons. The van der Waals surface area contributed by atoms with Gasteiger partial charge in [0.15, 0.2) is 0 Å². The van der Waals surface area contributed by atoms with Gasteiger partial charge < -0.3 is 10.5 Å². The summed E-state index contributed by atoms with van der Waals surface area (Å²) in [6.07, 6.45) is 0. The first-order chi connectivity index (χ1) is 9.88. The SMILES string of the molecule is Nc1cc(C(=O)OCc2ccc(Cl)c(Cl)c2)c(Br)cc1F. The number of rotatable bonds is 3. The summed E-state index contributed by atoms with van der Waals surface area (Å²) in [4.78, 5) is 12.0. The Kier molecular flexibility index (Phi) is 5.08. The standard InChI is InChI=1S/C14H9BrCl2FNO2/c15-9-5-12(18)13(19)4-8(9)14(20)21-6-7-1-2-10(16)11(17)3-7/h1-5H,6,19H2. The van der Waals surface area contributed by atoms with Gasteiger partial charge in [0.1, 0.15) is 12.4 Å². The summed E-state index contributed by atoms with van der Waals surface area (Å²) < 4.78 is 18.6. The van der Waals surface area contributed by atoms with Crippen LogP contribution in [0.2, 0.25) is 10.0 Å². The highest BCUT2D eigenvalue weighted by atomic mass is 79.9. The van der Waals surface area contributed by atoms with Gasteiger partial charge in [-0.1, -0.05) is 29.3 Å². The van der Waals surface area contributed by atoms with Crippen molar-refractivity contribution in [3.8, 4) is 0 Å². The molecule has 0 bridgehead atoms. The third kappa shape index (κ3) is 3.87. The molecule has 0 unspecified atom stereocenters. The van der Waals surface area contributed by atoms with Gasteiger partial charge in [-0.2, -0.15) is 0 Å². The van der Waals surface area contributed by atoms with E-state index in [0.717, 1.165) is 6.07 Å². The van der Waals surface area contributed by atoms with E-state index in [1.54, 1.807) is 18.2 Å². The summed E-state index contributed by atoms with van der Waals surface area (Å²) in [7, 11) is 0. The van der Waals surface area contributed by atoms with Crippen molar-refractivity contribution >= 4 is 50.8 Å². The molecule has 2 N–H and O–H groups in total. The largest absolute Gasteiger partial charge is 0.457 e. The molecular weight excluding hydrogens is 384 g/mol. The maximum atomic E-state index is 13.2. The number of carbonyl (C=O) groups is 1. The van der Waals surface area contributed by atoms with Gasteiger partial charge in [-0.3, -0.25) is 0 Å². The lowest BCUT2D eigenvalue weighted by Gasteiger charge is -2.08. The van der Waals surface area contributed by atoms with Crippen molar-refractivity contribution in [3.63, 3.8) is 0 Å². The molecule has 0 spiro atoms. The van der Waals surface area contributed by atoms with Crippen LogP contribution in [0.5, 0.6) is 0 Å². The Labute approximate surface area is 138 Å². The van der Waals surface area contributed by atoms with E-state index in [2.05, 4.69) is 15.9 Å². The van der Waals surface area contributed by atoms with Crippen LogP contribution in [0, 0.1) is 5.82 Å². The van der Waals surface area contributed by atoms with E-state index in [1.807, 2.05) is 0 Å². The van der Waals surface area contributed by atoms with E-state index < -0.39 is 11.8 Å². The van der Waals surface area contributed by atoms with Gasteiger partial charge in [-0.05, 0) is 45.8 Å². The Bertz CT molecular complexity index is 710. The molecule has 2 rings (SSSR count). The molecule has 3 nitrogen and oxygen atoms in total. The topological polar surface area (TPSA) is 52.3 Å². The van der Waals surface area contributed by atoms with Crippen molar-refractivity contribution in [1.29, 1.82) is 0 Å². The van der Waals surface area contributed by atoms with Crippen molar-refractivity contribution < 1.29 is 13.9 Å². The molecule has 0 aliphatic heterocycles. The average molecular weight is 393 g/mol. The minimum atomic E-state index is -0.625. The highest BCUT2D eigenvalue weighted by molar-refractivity contribution is 9.10. The average Bonchev–Trinajstić information content (AvgIpc) is 2.44. The van der Waals surface area contributed by atoms with Gasteiger partial charge in [0.2, 0.25) is 0 Å². The van der Waals surface area contributed by atoms with Gasteiger partial charge in [0.25, 0.3) is 0 Å². The zero-order valence-electron chi connectivity index (χ0n) is 10.5. The summed E-state index contributed by atoms with van der Waals surface area (Å²) in [6.45, 7) is 0.0133. The van der Waals surface area contributed by atoms with Crippen molar-refractivity contribution in [2.45, 2.75) is 6.61 Å². The minimum absolute atomic E-state index is 0.0133. The lowest BCUT2D eigenvalue weighted by Crippen LogP contribution is -2.07. The third-order valence-electron chi connectivity index (χ3n) is 2.66. The Hall–Kier alpha value is -1.30. The summed E-state index contributed by atoms with van der Waals surface area (Å²) in [5, 5.41) is 0.790. The normalized spacial score (nSPS) is 10.5. The second-order valence-corrected chi connectivity index (χ2v) is 5.85. The number of ether oxygens (including phenoxy) is 1. The van der Waals surface area contributed by atoms with E-state index in [4.69, 9.17) is 33.7 Å². The second kappa shape index (κ2) is 6.64. The monoisotopic (exact) mass is 391 g/mol. The lowest BCUT2D eigenvalue weighted by molar-refractivity contribution is 0.0471. The number of hydrogen-bond acceptors (Lipinski definition) is 3. The minimum Gasteiger partial charge on any atom is -0.457 e. The van der Waals surface area contributed by atoms with Gasteiger partial charge >= 0.3 is 5.97 Å². The van der Waals surface area contributed by atoms with Crippen molar-refractivity contribution in [2.24, 2.45) is 0 Å². The van der Waals surface area contributed by atoms with E-state index in [9.17, 15) is 9.18 Å². The Morgan fingerprint density at radius 1 is 1.24 bits per heavy atom. The Morgan fingerprint density at radius 3 is 2.62 bits per heavy atom. The van der Waals surface area contributed by atoms with Crippen LogP contribution in [0.15, 0.2) is 34.8 Å². The Balaban J connectivity index is 2.11. The molecule has 0 aromatic heterocycles. The summed E-state index contributed by atoms with van der Waals surface area (Å²) in [5.41, 5.74) is 6.14. The van der Waals surface area contributed by atoms with Crippen LogP contribution >= 0.6 is 39.1 Å². The maximum absolute atomic E-state index is 13.2. The van der Waals surface area contributed by atoms with Crippen LogP contribution < -0.4 is 5.73 Å². The zero-order chi connectivity index (χ0) is 15.6. The smallest absolute Gasteiger partial charge is 0.339 e. The summed E-state index contributed by atoms with van der Waals surface area (Å²) in [6, 6.07) is 7.24. The quantitative estimate of drug-likeness (QED) is 0.600. The molecule has 0 fully saturated rings. The number of esters is 1. The first kappa shape index (κ1) is 16.1. The van der Waals surface area contributed by atoms with E-state index >= 15 is 0 Å². The molecule has 0 atom stereocenters. The highest BCUT2D eigenvalue weighted by Gasteiger charge is 2.15. The predicted octanol–water partition coefficient (Wildman–Crippen LogP) is 4.83. The van der Waals surface area contributed by atoms with Gasteiger partial charge in [0.05, 0.1) is 21.3 Å². The molecule has 0 saturated carbocycles. The van der Waals surface area contributed by atoms with Crippen molar-refractivity contribution in [1.82, 2.24) is 0 Å². The van der Waals surface area contributed by atoms with Crippen LogP contribution in [0.4, 0.5) is 10.1 Å². The number of anilines is 1. The van der Waals surface area contributed by atoms with E-state index in [1.165, 1.54) is 6.07 Å². The molecule has 21 heavy (non-hydrogen) atoms. The second-order valence-electron chi connectivity index (χ2n) is 4.18. The molecular formula is C14H9BrCl2FNO2. The molecule has 0 saturated heterocycles. The molecule has 2 aromatic carbocycles. The van der Waals surface area contributed by atoms with Crippen LogP contribution in [0.3, 0.4) is 0 Å². The van der Waals surface area contributed by atoms with Crippen molar-refractivity contribution in [3.05, 3.63) is 61.8 Å². The number of hydrogen-bond donors (Lipinski definition) is 1. The first-order valence-corrected chi connectivity index (χ1v) is 7.29. The lowest BCUT2D eigenvalue weighted by atomic mass is 10.2. The van der Waals surface area contributed by atoms with Gasteiger partial charge in [-0.25, -0.2) is 9.18 Å². The fourth-order valence-corrected chi connectivity index (χ4v) is 2.38. The number of carbonyl (C=O) groups excluding carboxylic acids is 1. The molecule has 7 heteroatoms. The van der Waals surface area contributed by atoms with Crippen LogP contribution in [0.25, 0.3) is 0 Å². The summed E-state index contributed by atoms with van der Waals surface area (Å²) in [5.74, 6) is -1.23. The zero-order valence-corrected chi connectivity index (χ0v) is 13.6. The summed E-state index contributed by atoms with van der Waals surface area (Å²) >= 11 is 14.8. The fraction of sp³-hybridized carbons (Fsp3) is 0.0714. The number of halogens is 4.